The van der Waals surface area contributed by atoms with Crippen molar-refractivity contribution in [2.24, 2.45) is 5.92 Å². The molecule has 1 unspecified atom stereocenters. The third kappa shape index (κ3) is 4.17. The summed E-state index contributed by atoms with van der Waals surface area (Å²) in [5.74, 6) is 0.839. The van der Waals surface area contributed by atoms with Gasteiger partial charge in [0.1, 0.15) is 5.75 Å². The number of methoxy groups -OCH3 is 1. The van der Waals surface area contributed by atoms with Crippen molar-refractivity contribution in [1.29, 1.82) is 0 Å². The smallest absolute Gasteiger partial charge is 0.279 e. The van der Waals surface area contributed by atoms with E-state index in [-0.39, 0.29) is 11.6 Å². The Morgan fingerprint density at radius 2 is 2.32 bits per heavy atom. The van der Waals surface area contributed by atoms with Gasteiger partial charge in [0, 0.05) is 12.0 Å². The zero-order chi connectivity index (χ0) is 16.1. The van der Waals surface area contributed by atoms with Crippen molar-refractivity contribution >= 4 is 17.3 Å². The van der Waals surface area contributed by atoms with Gasteiger partial charge in [-0.2, -0.15) is 0 Å². The van der Waals surface area contributed by atoms with Crippen molar-refractivity contribution in [3.8, 4) is 5.75 Å². The number of anilines is 1. The molecule has 1 amide bonds. The number of carbonyl (C=O) groups is 1. The highest BCUT2D eigenvalue weighted by atomic mass is 16.6. The van der Waals surface area contributed by atoms with Crippen LogP contribution in [0.25, 0.3) is 0 Å². The molecule has 2 atom stereocenters. The van der Waals surface area contributed by atoms with E-state index in [2.05, 4.69) is 12.2 Å². The van der Waals surface area contributed by atoms with Crippen molar-refractivity contribution in [1.82, 2.24) is 0 Å². The average Bonchev–Trinajstić information content (AvgIpc) is 2.47. The highest BCUT2D eigenvalue weighted by Crippen LogP contribution is 2.28. The summed E-state index contributed by atoms with van der Waals surface area (Å²) >= 11 is 0. The molecule has 7 nitrogen and oxygen atoms in total. The number of rotatable bonds is 5. The Morgan fingerprint density at radius 3 is 2.95 bits per heavy atom. The molecule has 120 valence electrons. The van der Waals surface area contributed by atoms with Gasteiger partial charge in [-0.1, -0.05) is 6.92 Å². The lowest BCUT2D eigenvalue weighted by Crippen LogP contribution is -3.14. The predicted molar refractivity (Wildman–Crippen MR) is 82.2 cm³/mol. The number of likely N-dealkylation sites (tertiary alicyclic amines) is 1. The van der Waals surface area contributed by atoms with Gasteiger partial charge in [0.15, 0.2) is 6.54 Å². The molecular formula is C15H22N3O4+. The molecule has 0 radical (unpaired) electrons. The van der Waals surface area contributed by atoms with E-state index in [1.54, 1.807) is 0 Å². The molecule has 0 bridgehead atoms. The summed E-state index contributed by atoms with van der Waals surface area (Å²) in [7, 11) is 1.42. The minimum absolute atomic E-state index is 0.0645. The minimum atomic E-state index is -0.493. The first-order valence-corrected chi connectivity index (χ1v) is 7.45. The average molecular weight is 308 g/mol. The van der Waals surface area contributed by atoms with Gasteiger partial charge in [-0.15, -0.1) is 0 Å². The lowest BCUT2D eigenvalue weighted by Gasteiger charge is -2.27. The number of carbonyl (C=O) groups excluding carboxylic acids is 1. The molecule has 1 aliphatic heterocycles. The van der Waals surface area contributed by atoms with Crippen LogP contribution < -0.4 is 15.0 Å². The van der Waals surface area contributed by atoms with Crippen LogP contribution in [0.3, 0.4) is 0 Å². The number of amides is 1. The number of non-ortho nitro benzene ring substituents is 1. The second-order valence-electron chi connectivity index (χ2n) is 5.82. The first kappa shape index (κ1) is 16.2. The van der Waals surface area contributed by atoms with Crippen LogP contribution in [0.4, 0.5) is 11.4 Å². The molecule has 1 heterocycles. The minimum Gasteiger partial charge on any atom is -0.494 e. The summed E-state index contributed by atoms with van der Waals surface area (Å²) in [5, 5.41) is 13.5. The zero-order valence-corrected chi connectivity index (χ0v) is 12.9. The van der Waals surface area contributed by atoms with Gasteiger partial charge in [-0.3, -0.25) is 14.9 Å². The predicted octanol–water partition coefficient (Wildman–Crippen LogP) is 0.857. The van der Waals surface area contributed by atoms with Crippen LogP contribution in [0.15, 0.2) is 18.2 Å². The van der Waals surface area contributed by atoms with Crippen LogP contribution in [0.2, 0.25) is 0 Å². The van der Waals surface area contributed by atoms with Gasteiger partial charge in [-0.25, -0.2) is 0 Å². The molecule has 2 rings (SSSR count). The summed E-state index contributed by atoms with van der Waals surface area (Å²) in [5.41, 5.74) is 0.396. The quantitative estimate of drug-likeness (QED) is 0.624. The Balaban J connectivity index is 2.00. The Labute approximate surface area is 129 Å². The second kappa shape index (κ2) is 7.22. The van der Waals surface area contributed by atoms with Crippen molar-refractivity contribution in [3.05, 3.63) is 28.3 Å². The molecule has 1 aliphatic rings. The van der Waals surface area contributed by atoms with Crippen LogP contribution in [-0.2, 0) is 4.79 Å². The summed E-state index contributed by atoms with van der Waals surface area (Å²) in [6.07, 6.45) is 2.37. The Bertz CT molecular complexity index is 562. The van der Waals surface area contributed by atoms with Gasteiger partial charge in [0.05, 0.1) is 36.9 Å². The first-order valence-electron chi connectivity index (χ1n) is 7.45. The highest BCUT2D eigenvalue weighted by Gasteiger charge is 2.22. The largest absolute Gasteiger partial charge is 0.494 e. The van der Waals surface area contributed by atoms with Crippen molar-refractivity contribution in [2.75, 3.05) is 32.1 Å². The van der Waals surface area contributed by atoms with E-state index in [0.717, 1.165) is 19.5 Å². The molecule has 1 fully saturated rings. The Kier molecular flexibility index (Phi) is 5.32. The number of nitro benzene ring substituents is 1. The Morgan fingerprint density at radius 1 is 1.55 bits per heavy atom. The molecule has 1 saturated heterocycles. The number of nitrogens with one attached hydrogen (secondary N) is 2. The maximum atomic E-state index is 12.2. The van der Waals surface area contributed by atoms with E-state index in [1.165, 1.54) is 36.6 Å². The molecule has 0 aromatic heterocycles. The standard InChI is InChI=1S/C15H21N3O4/c1-11-4-3-7-17(9-11)10-15(19)16-13-6-5-12(18(20)21)8-14(13)22-2/h5-6,8,11H,3-4,7,9-10H2,1-2H3,(H,16,19)/p+1/t11-/m1/s1. The van der Waals surface area contributed by atoms with E-state index in [1.807, 2.05) is 0 Å². The fourth-order valence-corrected chi connectivity index (χ4v) is 2.88. The number of nitrogens with zero attached hydrogens (tertiary/aromatic N) is 1. The number of hydrogen-bond acceptors (Lipinski definition) is 4. The number of quaternary nitrogens is 1. The number of piperidine rings is 1. The molecular weight excluding hydrogens is 286 g/mol. The number of nitro groups is 1. The van der Waals surface area contributed by atoms with Crippen LogP contribution in [0.1, 0.15) is 19.8 Å². The molecule has 2 N–H and O–H groups in total. The lowest BCUT2D eigenvalue weighted by molar-refractivity contribution is -0.900. The monoisotopic (exact) mass is 308 g/mol. The molecule has 1 aromatic rings. The van der Waals surface area contributed by atoms with Gasteiger partial charge < -0.3 is 15.0 Å². The van der Waals surface area contributed by atoms with Gasteiger partial charge in [-0.05, 0) is 18.9 Å². The summed E-state index contributed by atoms with van der Waals surface area (Å²) in [4.78, 5) is 23.7. The van der Waals surface area contributed by atoms with E-state index in [4.69, 9.17) is 4.74 Å². The number of hydrogen-bond donors (Lipinski definition) is 2. The van der Waals surface area contributed by atoms with Crippen molar-refractivity contribution in [3.63, 3.8) is 0 Å². The summed E-state index contributed by atoms with van der Waals surface area (Å²) < 4.78 is 5.12. The van der Waals surface area contributed by atoms with Gasteiger partial charge in [0.25, 0.3) is 11.6 Å². The highest BCUT2D eigenvalue weighted by molar-refractivity contribution is 5.93. The van der Waals surface area contributed by atoms with E-state index in [0.29, 0.717) is 23.9 Å². The number of benzene rings is 1. The maximum absolute atomic E-state index is 12.2. The fraction of sp³-hybridized carbons (Fsp3) is 0.533. The molecule has 7 heteroatoms. The normalized spacial score (nSPS) is 21.2. The third-order valence-electron chi connectivity index (χ3n) is 3.94. The Hall–Kier alpha value is -2.15. The molecule has 0 spiro atoms. The first-order chi connectivity index (χ1) is 10.5. The molecule has 0 saturated carbocycles. The third-order valence-corrected chi connectivity index (χ3v) is 3.94. The molecule has 0 aliphatic carbocycles. The van der Waals surface area contributed by atoms with Crippen LogP contribution in [0.5, 0.6) is 5.75 Å². The van der Waals surface area contributed by atoms with Crippen molar-refractivity contribution < 1.29 is 19.4 Å². The lowest BCUT2D eigenvalue weighted by atomic mass is 10.0. The molecule has 22 heavy (non-hydrogen) atoms. The maximum Gasteiger partial charge on any atom is 0.279 e. The fourth-order valence-electron chi connectivity index (χ4n) is 2.88. The van der Waals surface area contributed by atoms with E-state index in [9.17, 15) is 14.9 Å². The van der Waals surface area contributed by atoms with Crippen LogP contribution in [0, 0.1) is 16.0 Å². The topological polar surface area (TPSA) is 85.9 Å². The van der Waals surface area contributed by atoms with Crippen molar-refractivity contribution in [2.45, 2.75) is 19.8 Å². The van der Waals surface area contributed by atoms with Crippen LogP contribution >= 0.6 is 0 Å². The number of ether oxygens (including phenoxy) is 1. The van der Waals surface area contributed by atoms with Gasteiger partial charge >= 0.3 is 0 Å². The summed E-state index contributed by atoms with van der Waals surface area (Å²) in [6.45, 7) is 4.63. The van der Waals surface area contributed by atoms with E-state index >= 15 is 0 Å². The molecule has 1 aromatic carbocycles. The van der Waals surface area contributed by atoms with E-state index < -0.39 is 4.92 Å². The van der Waals surface area contributed by atoms with Crippen LogP contribution in [-0.4, -0.2) is 37.6 Å². The summed E-state index contributed by atoms with van der Waals surface area (Å²) in [6, 6.07) is 4.17. The zero-order valence-electron chi connectivity index (χ0n) is 12.9. The SMILES string of the molecule is COc1cc([N+](=O)[O-])ccc1NC(=O)C[NH+]1CCC[C@@H](C)C1. The van der Waals surface area contributed by atoms with Gasteiger partial charge in [0.2, 0.25) is 0 Å². The second-order valence-corrected chi connectivity index (χ2v) is 5.82.